The monoisotopic (exact) mass is 468 g/mol. The summed E-state index contributed by atoms with van der Waals surface area (Å²) in [6.07, 6.45) is 1.29. The number of nitro groups is 1. The maximum absolute atomic E-state index is 13.3. The van der Waals surface area contributed by atoms with Gasteiger partial charge in [0.25, 0.3) is 5.56 Å². The molecule has 0 saturated heterocycles. The summed E-state index contributed by atoms with van der Waals surface area (Å²) in [5.41, 5.74) is 0.556. The number of rotatable bonds is 5. The van der Waals surface area contributed by atoms with E-state index in [1.54, 1.807) is 36.4 Å². The van der Waals surface area contributed by atoms with Gasteiger partial charge in [-0.3, -0.25) is 19.7 Å². The molecule has 3 aromatic carbocycles. The number of fused-ring (bicyclic) bond motifs is 2. The van der Waals surface area contributed by atoms with Crippen LogP contribution in [-0.4, -0.2) is 26.8 Å². The second-order valence-corrected chi connectivity index (χ2v) is 7.54. The van der Waals surface area contributed by atoms with E-state index >= 15 is 0 Å². The summed E-state index contributed by atoms with van der Waals surface area (Å²) in [6, 6.07) is 20.0. The van der Waals surface area contributed by atoms with Crippen molar-refractivity contribution in [3.8, 4) is 17.3 Å². The SMILES string of the molecule is CC(=O)Oc1ccc(C=Nn2c(-c3cc4ccccc4o3)nc3ccccc3c2=O)cc1[N+](=O)[O-]. The van der Waals surface area contributed by atoms with Crippen LogP contribution in [0.1, 0.15) is 12.5 Å². The maximum Gasteiger partial charge on any atom is 0.312 e. The van der Waals surface area contributed by atoms with Crippen LogP contribution in [0.3, 0.4) is 0 Å². The maximum atomic E-state index is 13.3. The number of nitro benzene ring substituents is 1. The van der Waals surface area contributed by atoms with E-state index in [2.05, 4.69) is 10.1 Å². The highest BCUT2D eigenvalue weighted by Gasteiger charge is 2.18. The molecule has 0 amide bonds. The van der Waals surface area contributed by atoms with Crippen LogP contribution in [-0.2, 0) is 4.79 Å². The van der Waals surface area contributed by atoms with Crippen LogP contribution in [0.15, 0.2) is 87.1 Å². The predicted molar refractivity (Wildman–Crippen MR) is 129 cm³/mol. The van der Waals surface area contributed by atoms with Gasteiger partial charge >= 0.3 is 11.7 Å². The van der Waals surface area contributed by atoms with E-state index in [-0.39, 0.29) is 11.6 Å². The molecule has 0 saturated carbocycles. The lowest BCUT2D eigenvalue weighted by Gasteiger charge is -2.07. The molecule has 0 unspecified atom stereocenters. The van der Waals surface area contributed by atoms with Gasteiger partial charge < -0.3 is 9.15 Å². The quantitative estimate of drug-likeness (QED) is 0.122. The molecule has 2 aromatic heterocycles. The molecule has 0 N–H and O–H groups in total. The highest BCUT2D eigenvalue weighted by atomic mass is 16.6. The van der Waals surface area contributed by atoms with E-state index in [4.69, 9.17) is 9.15 Å². The summed E-state index contributed by atoms with van der Waals surface area (Å²) in [5, 5.41) is 16.9. The molecular formula is C25H16N4O6. The van der Waals surface area contributed by atoms with Crippen molar-refractivity contribution >= 4 is 39.7 Å². The minimum absolute atomic E-state index is 0.173. The number of hydrogen-bond donors (Lipinski definition) is 0. The van der Waals surface area contributed by atoms with E-state index in [1.807, 2.05) is 18.2 Å². The fraction of sp³-hybridized carbons (Fsp3) is 0.0400. The number of ether oxygens (including phenoxy) is 1. The molecule has 0 atom stereocenters. The molecular weight excluding hydrogens is 452 g/mol. The number of furan rings is 1. The lowest BCUT2D eigenvalue weighted by atomic mass is 10.2. The van der Waals surface area contributed by atoms with Gasteiger partial charge in [-0.15, -0.1) is 0 Å². The topological polar surface area (TPSA) is 130 Å². The zero-order chi connectivity index (χ0) is 24.5. The van der Waals surface area contributed by atoms with Crippen molar-refractivity contribution in [1.82, 2.24) is 9.66 Å². The van der Waals surface area contributed by atoms with Crippen LogP contribution >= 0.6 is 0 Å². The first-order chi connectivity index (χ1) is 16.9. The lowest BCUT2D eigenvalue weighted by Crippen LogP contribution is -2.20. The first-order valence-corrected chi connectivity index (χ1v) is 10.4. The molecule has 0 bridgehead atoms. The third kappa shape index (κ3) is 4.15. The van der Waals surface area contributed by atoms with Crippen LogP contribution in [0.25, 0.3) is 33.5 Å². The molecule has 10 nitrogen and oxygen atoms in total. The average molecular weight is 468 g/mol. The lowest BCUT2D eigenvalue weighted by molar-refractivity contribution is -0.385. The molecule has 2 heterocycles. The normalized spacial score (nSPS) is 11.3. The first-order valence-electron chi connectivity index (χ1n) is 10.4. The van der Waals surface area contributed by atoms with Crippen LogP contribution < -0.4 is 10.3 Å². The van der Waals surface area contributed by atoms with Gasteiger partial charge in [0.1, 0.15) is 5.58 Å². The van der Waals surface area contributed by atoms with Crippen molar-refractivity contribution in [2.24, 2.45) is 5.10 Å². The van der Waals surface area contributed by atoms with Gasteiger partial charge in [0.2, 0.25) is 11.6 Å². The number of esters is 1. The summed E-state index contributed by atoms with van der Waals surface area (Å²) in [5.74, 6) is -0.361. The number of carbonyl (C=O) groups excluding carboxylic acids is 1. The molecule has 5 rings (SSSR count). The molecule has 172 valence electrons. The Morgan fingerprint density at radius 1 is 1.11 bits per heavy atom. The smallest absolute Gasteiger partial charge is 0.312 e. The molecule has 35 heavy (non-hydrogen) atoms. The molecule has 0 aliphatic heterocycles. The number of para-hydroxylation sites is 2. The minimum atomic E-state index is -0.682. The van der Waals surface area contributed by atoms with Gasteiger partial charge in [0.15, 0.2) is 5.76 Å². The Morgan fingerprint density at radius 3 is 2.66 bits per heavy atom. The number of benzene rings is 3. The van der Waals surface area contributed by atoms with Gasteiger partial charge in [0.05, 0.1) is 22.0 Å². The largest absolute Gasteiger partial charge is 0.453 e. The fourth-order valence-corrected chi connectivity index (χ4v) is 3.61. The second-order valence-electron chi connectivity index (χ2n) is 7.54. The van der Waals surface area contributed by atoms with Crippen LogP contribution in [0.2, 0.25) is 0 Å². The molecule has 0 aliphatic carbocycles. The molecule has 0 aliphatic rings. The van der Waals surface area contributed by atoms with E-state index in [0.717, 1.165) is 17.0 Å². The predicted octanol–water partition coefficient (Wildman–Crippen LogP) is 4.53. The second kappa shape index (κ2) is 8.67. The highest BCUT2D eigenvalue weighted by molar-refractivity contribution is 5.85. The highest BCUT2D eigenvalue weighted by Crippen LogP contribution is 2.29. The van der Waals surface area contributed by atoms with E-state index in [1.165, 1.54) is 24.4 Å². The van der Waals surface area contributed by atoms with Crippen molar-refractivity contribution in [2.75, 3.05) is 0 Å². The Kier molecular flexibility index (Phi) is 5.38. The fourth-order valence-electron chi connectivity index (χ4n) is 3.61. The van der Waals surface area contributed by atoms with Crippen LogP contribution in [0.4, 0.5) is 5.69 Å². The first kappa shape index (κ1) is 21.7. The summed E-state index contributed by atoms with van der Waals surface area (Å²) in [7, 11) is 0. The van der Waals surface area contributed by atoms with E-state index in [0.29, 0.717) is 27.8 Å². The third-order valence-electron chi connectivity index (χ3n) is 5.16. The van der Waals surface area contributed by atoms with Crippen LogP contribution in [0, 0.1) is 10.1 Å². The van der Waals surface area contributed by atoms with Gasteiger partial charge in [-0.2, -0.15) is 9.78 Å². The summed E-state index contributed by atoms with van der Waals surface area (Å²) >= 11 is 0. The number of hydrogen-bond acceptors (Lipinski definition) is 8. The molecule has 5 aromatic rings. The van der Waals surface area contributed by atoms with E-state index < -0.39 is 22.1 Å². The Labute approximate surface area is 196 Å². The molecule has 10 heteroatoms. The van der Waals surface area contributed by atoms with Crippen molar-refractivity contribution in [3.63, 3.8) is 0 Å². The molecule has 0 radical (unpaired) electrons. The Balaban J connectivity index is 1.66. The average Bonchev–Trinajstić information content (AvgIpc) is 3.28. The number of carbonyl (C=O) groups is 1. The zero-order valence-corrected chi connectivity index (χ0v) is 18.2. The van der Waals surface area contributed by atoms with Gasteiger partial charge in [-0.05, 0) is 36.4 Å². The minimum Gasteiger partial charge on any atom is -0.453 e. The molecule has 0 spiro atoms. The zero-order valence-electron chi connectivity index (χ0n) is 18.2. The summed E-state index contributed by atoms with van der Waals surface area (Å²) < 4.78 is 11.9. The Bertz CT molecular complexity index is 1680. The standard InChI is InChI=1S/C25H16N4O6/c1-15(30)34-22-11-10-16(12-20(22)29(32)33)14-26-28-24(23-13-17-6-2-5-9-21(17)35-23)27-19-8-4-3-7-18(19)25(28)31/h2-14H,1H3. The summed E-state index contributed by atoms with van der Waals surface area (Å²) in [6.45, 7) is 1.15. The van der Waals surface area contributed by atoms with Gasteiger partial charge in [-0.1, -0.05) is 30.3 Å². The van der Waals surface area contributed by atoms with Crippen molar-refractivity contribution < 1.29 is 18.9 Å². The van der Waals surface area contributed by atoms with Crippen molar-refractivity contribution in [1.29, 1.82) is 0 Å². The molecule has 0 fully saturated rings. The van der Waals surface area contributed by atoms with E-state index in [9.17, 15) is 19.7 Å². The van der Waals surface area contributed by atoms with Crippen molar-refractivity contribution in [3.05, 3.63) is 98.8 Å². The van der Waals surface area contributed by atoms with Crippen LogP contribution in [0.5, 0.6) is 5.75 Å². The number of aromatic nitrogens is 2. The third-order valence-corrected chi connectivity index (χ3v) is 5.16. The Hall–Kier alpha value is -5.12. The van der Waals surface area contributed by atoms with Gasteiger partial charge in [0, 0.05) is 23.9 Å². The van der Waals surface area contributed by atoms with Crippen molar-refractivity contribution in [2.45, 2.75) is 6.92 Å². The summed E-state index contributed by atoms with van der Waals surface area (Å²) in [4.78, 5) is 39.9. The van der Waals surface area contributed by atoms with Gasteiger partial charge in [-0.25, -0.2) is 4.98 Å². The Morgan fingerprint density at radius 2 is 1.89 bits per heavy atom. The number of nitrogens with zero attached hydrogens (tertiary/aromatic N) is 4.